The molecule has 132 valence electrons. The molecule has 4 nitrogen and oxygen atoms in total. The average Bonchev–Trinajstić information content (AvgIpc) is 2.94. The van der Waals surface area contributed by atoms with Crippen LogP contribution in [0.3, 0.4) is 0 Å². The summed E-state index contributed by atoms with van der Waals surface area (Å²) in [7, 11) is 0. The average molecular weight is 367 g/mol. The van der Waals surface area contributed by atoms with Crippen LogP contribution in [0.25, 0.3) is 0 Å². The Bertz CT molecular complexity index is 867. The molecule has 0 fully saturated rings. The first-order chi connectivity index (χ1) is 11.2. The van der Waals surface area contributed by atoms with Crippen LogP contribution in [0.4, 0.5) is 18.9 Å². The van der Waals surface area contributed by atoms with Gasteiger partial charge < -0.3 is 4.90 Å². The lowest BCUT2D eigenvalue weighted by Gasteiger charge is -2.32. The standard InChI is InChI=1S/C17H14F3N3O.H2S/c1-4-12-8-21-23-11(3)9-22(16(24)15(12)23)13-5-6-14(10(2)7-13)17(18,19)20;/h1,5-8,11H,9H2,2-3H3;1H2/t11-;/m0./s1. The van der Waals surface area contributed by atoms with Crippen molar-refractivity contribution in [3.05, 3.63) is 46.8 Å². The zero-order chi connectivity index (χ0) is 17.6. The van der Waals surface area contributed by atoms with Gasteiger partial charge in [-0.1, -0.05) is 5.92 Å². The first-order valence-electron chi connectivity index (χ1n) is 7.28. The number of alkyl halides is 3. The smallest absolute Gasteiger partial charge is 0.305 e. The maximum atomic E-state index is 12.9. The van der Waals surface area contributed by atoms with E-state index in [-0.39, 0.29) is 36.7 Å². The summed E-state index contributed by atoms with van der Waals surface area (Å²) in [5.74, 6) is 2.06. The number of terminal acetylenes is 1. The van der Waals surface area contributed by atoms with E-state index in [9.17, 15) is 18.0 Å². The van der Waals surface area contributed by atoms with Gasteiger partial charge in [0, 0.05) is 12.2 Å². The van der Waals surface area contributed by atoms with Crippen molar-refractivity contribution in [2.75, 3.05) is 11.4 Å². The Morgan fingerprint density at radius 3 is 2.60 bits per heavy atom. The fourth-order valence-corrected chi connectivity index (χ4v) is 2.92. The number of aromatic nitrogens is 2. The largest absolute Gasteiger partial charge is 0.416 e. The number of carbonyl (C=O) groups is 1. The fraction of sp³-hybridized carbons (Fsp3) is 0.294. The van der Waals surface area contributed by atoms with Crippen molar-refractivity contribution in [2.45, 2.75) is 26.1 Å². The van der Waals surface area contributed by atoms with E-state index in [0.717, 1.165) is 6.07 Å². The molecular weight excluding hydrogens is 351 g/mol. The lowest BCUT2D eigenvalue weighted by Crippen LogP contribution is -2.43. The van der Waals surface area contributed by atoms with Gasteiger partial charge in [0.15, 0.2) is 0 Å². The summed E-state index contributed by atoms with van der Waals surface area (Å²) in [5, 5.41) is 4.13. The number of nitrogens with zero attached hydrogens (tertiary/aromatic N) is 3. The van der Waals surface area contributed by atoms with Gasteiger partial charge in [0.05, 0.1) is 23.4 Å². The van der Waals surface area contributed by atoms with Crippen molar-refractivity contribution in [1.82, 2.24) is 9.78 Å². The zero-order valence-electron chi connectivity index (χ0n) is 13.6. The van der Waals surface area contributed by atoms with E-state index in [1.54, 1.807) is 4.68 Å². The third-order valence-corrected chi connectivity index (χ3v) is 4.09. The minimum Gasteiger partial charge on any atom is -0.305 e. The molecule has 1 aliphatic rings. The molecule has 2 aromatic rings. The van der Waals surface area contributed by atoms with Crippen LogP contribution < -0.4 is 4.90 Å². The molecule has 8 heteroatoms. The number of fused-ring (bicyclic) bond motifs is 1. The van der Waals surface area contributed by atoms with Crippen molar-refractivity contribution in [1.29, 1.82) is 0 Å². The van der Waals surface area contributed by atoms with Gasteiger partial charge in [0.1, 0.15) is 5.69 Å². The summed E-state index contributed by atoms with van der Waals surface area (Å²) >= 11 is 0. The van der Waals surface area contributed by atoms with Gasteiger partial charge in [-0.05, 0) is 37.6 Å². The molecule has 3 rings (SSSR count). The number of hydrogen-bond donors (Lipinski definition) is 0. The van der Waals surface area contributed by atoms with Crippen LogP contribution in [-0.2, 0) is 6.18 Å². The minimum atomic E-state index is -4.42. The Morgan fingerprint density at radius 1 is 1.36 bits per heavy atom. The van der Waals surface area contributed by atoms with Gasteiger partial charge >= 0.3 is 6.18 Å². The summed E-state index contributed by atoms with van der Waals surface area (Å²) in [6.07, 6.45) is 2.43. The number of aryl methyl sites for hydroxylation is 1. The van der Waals surface area contributed by atoms with E-state index in [4.69, 9.17) is 6.42 Å². The molecule has 0 radical (unpaired) electrons. The van der Waals surface area contributed by atoms with Crippen molar-refractivity contribution in [3.8, 4) is 12.3 Å². The Hall–Kier alpha value is -2.40. The molecule has 1 amide bonds. The summed E-state index contributed by atoms with van der Waals surface area (Å²) in [6, 6.07) is 3.54. The Kier molecular flexibility index (Phi) is 4.91. The summed E-state index contributed by atoms with van der Waals surface area (Å²) in [6.45, 7) is 3.55. The summed E-state index contributed by atoms with van der Waals surface area (Å²) in [5.41, 5.74) is 0.427. The number of anilines is 1. The molecule has 0 unspecified atom stereocenters. The first kappa shape index (κ1) is 18.9. The van der Waals surface area contributed by atoms with Crippen LogP contribution in [0.15, 0.2) is 24.4 Å². The third-order valence-electron chi connectivity index (χ3n) is 4.09. The van der Waals surface area contributed by atoms with E-state index in [0.29, 0.717) is 17.8 Å². The van der Waals surface area contributed by atoms with E-state index >= 15 is 0 Å². The van der Waals surface area contributed by atoms with Crippen molar-refractivity contribution in [2.24, 2.45) is 0 Å². The zero-order valence-corrected chi connectivity index (χ0v) is 14.6. The van der Waals surface area contributed by atoms with Gasteiger partial charge in [-0.25, -0.2) is 0 Å². The van der Waals surface area contributed by atoms with Crippen molar-refractivity contribution in [3.63, 3.8) is 0 Å². The Labute approximate surface area is 150 Å². The van der Waals surface area contributed by atoms with E-state index in [1.807, 2.05) is 6.92 Å². The molecule has 25 heavy (non-hydrogen) atoms. The van der Waals surface area contributed by atoms with Crippen molar-refractivity contribution < 1.29 is 18.0 Å². The van der Waals surface area contributed by atoms with Crippen molar-refractivity contribution >= 4 is 25.1 Å². The minimum absolute atomic E-state index is 0. The quantitative estimate of drug-likeness (QED) is 0.724. The first-order valence-corrected chi connectivity index (χ1v) is 7.28. The highest BCUT2D eigenvalue weighted by Gasteiger charge is 2.35. The van der Waals surface area contributed by atoms with Gasteiger partial charge in [-0.2, -0.15) is 31.8 Å². The Morgan fingerprint density at radius 2 is 2.04 bits per heavy atom. The number of rotatable bonds is 1. The van der Waals surface area contributed by atoms with Crippen LogP contribution in [0.1, 0.15) is 40.1 Å². The lowest BCUT2D eigenvalue weighted by molar-refractivity contribution is -0.138. The number of amides is 1. The normalized spacial score (nSPS) is 16.9. The maximum absolute atomic E-state index is 12.9. The molecule has 0 aliphatic carbocycles. The number of carbonyl (C=O) groups excluding carboxylic acids is 1. The fourth-order valence-electron chi connectivity index (χ4n) is 2.92. The molecule has 0 saturated heterocycles. The highest BCUT2D eigenvalue weighted by Crippen LogP contribution is 2.35. The molecule has 0 N–H and O–H groups in total. The maximum Gasteiger partial charge on any atom is 0.416 e. The monoisotopic (exact) mass is 367 g/mol. The molecule has 0 bridgehead atoms. The summed E-state index contributed by atoms with van der Waals surface area (Å²) in [4.78, 5) is 14.2. The molecule has 1 aromatic heterocycles. The van der Waals surface area contributed by atoms with Crippen LogP contribution in [0.2, 0.25) is 0 Å². The lowest BCUT2D eigenvalue weighted by atomic mass is 10.1. The number of benzene rings is 1. The Balaban J connectivity index is 0.00000225. The number of halogens is 3. The second-order valence-corrected chi connectivity index (χ2v) is 5.76. The number of hydrogen-bond acceptors (Lipinski definition) is 2. The predicted octanol–water partition coefficient (Wildman–Crippen LogP) is 3.53. The third kappa shape index (κ3) is 3.12. The topological polar surface area (TPSA) is 38.1 Å². The molecular formula is C17H16F3N3OS. The molecule has 0 spiro atoms. The molecule has 0 saturated carbocycles. The summed E-state index contributed by atoms with van der Waals surface area (Å²) < 4.78 is 40.3. The molecule has 1 aromatic carbocycles. The highest BCUT2D eigenvalue weighted by atomic mass is 32.1. The van der Waals surface area contributed by atoms with Gasteiger partial charge in [0.2, 0.25) is 0 Å². The molecule has 1 aliphatic heterocycles. The highest BCUT2D eigenvalue weighted by molar-refractivity contribution is 7.59. The van der Waals surface area contributed by atoms with Gasteiger partial charge in [-0.15, -0.1) is 6.42 Å². The second kappa shape index (κ2) is 6.48. The SMILES string of the molecule is C#Cc1cnn2c1C(=O)N(c1ccc(C(F)(F)F)c(C)c1)C[C@@H]2C.S. The van der Waals surface area contributed by atoms with E-state index in [1.165, 1.54) is 30.2 Å². The molecule has 2 heterocycles. The molecule has 1 atom stereocenters. The van der Waals surface area contributed by atoms with Gasteiger partial charge in [-0.3, -0.25) is 9.48 Å². The second-order valence-electron chi connectivity index (χ2n) is 5.76. The van der Waals surface area contributed by atoms with Crippen LogP contribution in [0, 0.1) is 19.3 Å². The predicted molar refractivity (Wildman–Crippen MR) is 93.1 cm³/mol. The van der Waals surface area contributed by atoms with Crippen LogP contribution in [-0.4, -0.2) is 22.2 Å². The van der Waals surface area contributed by atoms with E-state index < -0.39 is 11.7 Å². The van der Waals surface area contributed by atoms with Crippen LogP contribution >= 0.6 is 13.5 Å². The van der Waals surface area contributed by atoms with E-state index in [2.05, 4.69) is 11.0 Å². The van der Waals surface area contributed by atoms with Crippen LogP contribution in [0.5, 0.6) is 0 Å². The van der Waals surface area contributed by atoms with Gasteiger partial charge in [0.25, 0.3) is 5.91 Å².